The summed E-state index contributed by atoms with van der Waals surface area (Å²) in [6, 6.07) is 10.1. The highest BCUT2D eigenvalue weighted by molar-refractivity contribution is 7.17. The highest BCUT2D eigenvalue weighted by atomic mass is 32.1. The van der Waals surface area contributed by atoms with E-state index >= 15 is 0 Å². The smallest absolute Gasteiger partial charge is 0.262 e. The number of nitrogen functional groups attached to an aromatic ring is 1. The van der Waals surface area contributed by atoms with Gasteiger partial charge in [0.2, 0.25) is 0 Å². The Morgan fingerprint density at radius 1 is 1.10 bits per heavy atom. The number of carbonyl (C=O) groups excluding carboxylic acids is 2. The Morgan fingerprint density at radius 2 is 1.87 bits per heavy atom. The molecule has 8 nitrogen and oxygen atoms in total. The van der Waals surface area contributed by atoms with Crippen molar-refractivity contribution in [3.05, 3.63) is 64.3 Å². The summed E-state index contributed by atoms with van der Waals surface area (Å²) in [5.41, 5.74) is 9.48. The van der Waals surface area contributed by atoms with Gasteiger partial charge in [-0.2, -0.15) is 5.10 Å². The fraction of sp³-hybridized carbons (Fsp3) is 0.318. The Morgan fingerprint density at radius 3 is 2.55 bits per heavy atom. The molecule has 3 aromatic rings. The number of aromatic nitrogens is 2. The number of aryl methyl sites for hydroxylation is 1. The highest BCUT2D eigenvalue weighted by Gasteiger charge is 2.26. The molecule has 1 unspecified atom stereocenters. The number of benzene rings is 1. The van der Waals surface area contributed by atoms with Gasteiger partial charge in [0.1, 0.15) is 0 Å². The molecular formula is C22H26N6O2S. The van der Waals surface area contributed by atoms with Crippen LogP contribution in [0.25, 0.3) is 0 Å². The summed E-state index contributed by atoms with van der Waals surface area (Å²) >= 11 is 1.18. The Hall–Kier alpha value is -3.17. The second kappa shape index (κ2) is 8.91. The number of nitrogens with one attached hydrogen (secondary N) is 2. The summed E-state index contributed by atoms with van der Waals surface area (Å²) in [5.74, 6) is -0.709. The van der Waals surface area contributed by atoms with Crippen LogP contribution < -0.4 is 16.4 Å². The van der Waals surface area contributed by atoms with Crippen molar-refractivity contribution in [1.82, 2.24) is 20.0 Å². The lowest BCUT2D eigenvalue weighted by Gasteiger charge is -2.17. The van der Waals surface area contributed by atoms with Gasteiger partial charge in [-0.15, -0.1) is 11.3 Å². The molecule has 1 aliphatic rings. The van der Waals surface area contributed by atoms with E-state index in [4.69, 9.17) is 5.73 Å². The van der Waals surface area contributed by atoms with Crippen molar-refractivity contribution < 1.29 is 9.59 Å². The molecule has 0 radical (unpaired) electrons. The predicted octanol–water partition coefficient (Wildman–Crippen LogP) is 2.20. The molecule has 0 fully saturated rings. The maximum atomic E-state index is 13.2. The quantitative estimate of drug-likeness (QED) is 0.566. The van der Waals surface area contributed by atoms with E-state index in [-0.39, 0.29) is 11.8 Å². The van der Waals surface area contributed by atoms with Gasteiger partial charge >= 0.3 is 0 Å². The predicted molar refractivity (Wildman–Crippen MR) is 122 cm³/mol. The molecule has 2 amide bonds. The van der Waals surface area contributed by atoms with Crippen LogP contribution in [0.15, 0.2) is 42.6 Å². The van der Waals surface area contributed by atoms with Crippen molar-refractivity contribution in [3.63, 3.8) is 0 Å². The average Bonchev–Trinajstić information content (AvgIpc) is 3.32. The Labute approximate surface area is 185 Å². The molecular weight excluding hydrogens is 412 g/mol. The lowest BCUT2D eigenvalue weighted by molar-refractivity contribution is -0.118. The van der Waals surface area contributed by atoms with Gasteiger partial charge in [0.05, 0.1) is 15.6 Å². The van der Waals surface area contributed by atoms with Crippen molar-refractivity contribution in [2.45, 2.75) is 18.9 Å². The van der Waals surface area contributed by atoms with Crippen molar-refractivity contribution in [3.8, 4) is 0 Å². The number of hydrogen-bond acceptors (Lipinski definition) is 6. The van der Waals surface area contributed by atoms with Crippen LogP contribution in [0.1, 0.15) is 32.5 Å². The van der Waals surface area contributed by atoms with Gasteiger partial charge in [-0.05, 0) is 61.3 Å². The second-order valence-electron chi connectivity index (χ2n) is 7.80. The molecule has 162 valence electrons. The van der Waals surface area contributed by atoms with E-state index in [9.17, 15) is 9.59 Å². The molecule has 2 aromatic heterocycles. The SMILES string of the molecule is CN1CCc2ccc(NC(=O)C(NC(=O)c3ccc(N)s3)c3ccn(C)n3)cc2CC1. The maximum Gasteiger partial charge on any atom is 0.262 e. The number of amides is 2. The van der Waals surface area contributed by atoms with Gasteiger partial charge < -0.3 is 21.3 Å². The molecule has 9 heteroatoms. The Balaban J connectivity index is 1.54. The van der Waals surface area contributed by atoms with E-state index in [1.54, 1.807) is 36.1 Å². The lowest BCUT2D eigenvalue weighted by Crippen LogP contribution is -2.37. The molecule has 0 bridgehead atoms. The van der Waals surface area contributed by atoms with Crippen LogP contribution in [-0.4, -0.2) is 46.6 Å². The van der Waals surface area contributed by atoms with Gasteiger partial charge in [0.25, 0.3) is 11.8 Å². The van der Waals surface area contributed by atoms with E-state index < -0.39 is 6.04 Å². The first kappa shape index (κ1) is 21.1. The van der Waals surface area contributed by atoms with Crippen molar-refractivity contribution >= 4 is 33.8 Å². The standard InChI is InChI=1S/C22H26N6O2S/c1-27-10-7-14-3-4-16(13-15(14)8-11-27)24-22(30)20(17-9-12-28(2)26-17)25-21(29)18-5-6-19(23)31-18/h3-6,9,12-13,20H,7-8,10-11,23H2,1-2H3,(H,24,30)(H,25,29). The summed E-state index contributed by atoms with van der Waals surface area (Å²) < 4.78 is 1.60. The molecule has 0 saturated carbocycles. The number of hydrogen-bond donors (Lipinski definition) is 3. The average molecular weight is 439 g/mol. The molecule has 0 saturated heterocycles. The first-order valence-electron chi connectivity index (χ1n) is 10.2. The van der Waals surface area contributed by atoms with Gasteiger partial charge in [-0.1, -0.05) is 6.07 Å². The fourth-order valence-electron chi connectivity index (χ4n) is 3.67. The largest absolute Gasteiger partial charge is 0.391 e. The van der Waals surface area contributed by atoms with E-state index in [0.29, 0.717) is 21.3 Å². The second-order valence-corrected chi connectivity index (χ2v) is 8.91. The molecule has 0 aliphatic carbocycles. The van der Waals surface area contributed by atoms with Gasteiger partial charge in [-0.25, -0.2) is 0 Å². The first-order chi connectivity index (χ1) is 14.9. The minimum absolute atomic E-state index is 0.345. The minimum atomic E-state index is -0.929. The summed E-state index contributed by atoms with van der Waals surface area (Å²) in [5, 5.41) is 10.6. The van der Waals surface area contributed by atoms with E-state index in [0.717, 1.165) is 25.9 Å². The molecule has 4 N–H and O–H groups in total. The zero-order valence-electron chi connectivity index (χ0n) is 17.6. The van der Waals surface area contributed by atoms with E-state index in [1.807, 2.05) is 12.1 Å². The lowest BCUT2D eigenvalue weighted by atomic mass is 10.0. The van der Waals surface area contributed by atoms with Gasteiger partial charge in [0, 0.05) is 32.0 Å². The molecule has 3 heterocycles. The first-order valence-corrected chi connectivity index (χ1v) is 11.0. The van der Waals surface area contributed by atoms with Gasteiger partial charge in [-0.3, -0.25) is 14.3 Å². The third-order valence-corrected chi connectivity index (χ3v) is 6.33. The van der Waals surface area contributed by atoms with E-state index in [2.05, 4.69) is 33.7 Å². The number of rotatable bonds is 5. The molecule has 1 aliphatic heterocycles. The van der Waals surface area contributed by atoms with Crippen molar-refractivity contribution in [1.29, 1.82) is 0 Å². The van der Waals surface area contributed by atoms with Crippen LogP contribution in [0, 0.1) is 0 Å². The summed E-state index contributed by atoms with van der Waals surface area (Å²) in [4.78, 5) is 28.6. The van der Waals surface area contributed by atoms with Crippen LogP contribution in [-0.2, 0) is 24.7 Å². The molecule has 4 rings (SSSR count). The number of nitrogens with two attached hydrogens (primary N) is 1. The van der Waals surface area contributed by atoms with Gasteiger partial charge in [0.15, 0.2) is 6.04 Å². The zero-order chi connectivity index (χ0) is 22.0. The molecule has 31 heavy (non-hydrogen) atoms. The zero-order valence-corrected chi connectivity index (χ0v) is 18.4. The highest BCUT2D eigenvalue weighted by Crippen LogP contribution is 2.23. The third kappa shape index (κ3) is 4.95. The number of nitrogens with zero attached hydrogens (tertiary/aromatic N) is 3. The van der Waals surface area contributed by atoms with Crippen molar-refractivity contribution in [2.75, 3.05) is 31.2 Å². The van der Waals surface area contributed by atoms with Crippen molar-refractivity contribution in [2.24, 2.45) is 7.05 Å². The Kier molecular flexibility index (Phi) is 6.06. The van der Waals surface area contributed by atoms with Crippen LogP contribution in [0.3, 0.4) is 0 Å². The minimum Gasteiger partial charge on any atom is -0.391 e. The number of likely N-dealkylation sites (N-methyl/N-ethyl adjacent to an activating group) is 1. The number of carbonyl (C=O) groups is 2. The summed E-state index contributed by atoms with van der Waals surface area (Å²) in [6.07, 6.45) is 3.68. The van der Waals surface area contributed by atoms with E-state index in [1.165, 1.54) is 22.5 Å². The molecule has 1 atom stereocenters. The molecule has 0 spiro atoms. The third-order valence-electron chi connectivity index (χ3n) is 5.42. The number of thiophene rings is 1. The maximum absolute atomic E-state index is 13.2. The van der Waals surface area contributed by atoms with Crippen LogP contribution in [0.4, 0.5) is 10.7 Å². The monoisotopic (exact) mass is 438 g/mol. The van der Waals surface area contributed by atoms with Crippen LogP contribution >= 0.6 is 11.3 Å². The number of anilines is 2. The summed E-state index contributed by atoms with van der Waals surface area (Å²) in [7, 11) is 3.89. The summed E-state index contributed by atoms with van der Waals surface area (Å²) in [6.45, 7) is 2.01. The van der Waals surface area contributed by atoms with Crippen LogP contribution in [0.5, 0.6) is 0 Å². The normalized spacial score (nSPS) is 15.0. The topological polar surface area (TPSA) is 105 Å². The van der Waals surface area contributed by atoms with Crippen LogP contribution in [0.2, 0.25) is 0 Å². The Bertz CT molecular complexity index is 1110. The fourth-order valence-corrected chi connectivity index (χ4v) is 4.34. The number of fused-ring (bicyclic) bond motifs is 1. The molecule has 1 aromatic carbocycles.